The van der Waals surface area contributed by atoms with Gasteiger partial charge in [0, 0.05) is 22.5 Å². The van der Waals surface area contributed by atoms with Crippen LogP contribution >= 0.6 is 27.7 Å². The molecule has 1 atom stereocenters. The van der Waals surface area contributed by atoms with E-state index in [2.05, 4.69) is 15.9 Å². The van der Waals surface area contributed by atoms with Crippen molar-refractivity contribution in [1.82, 2.24) is 0 Å². The quantitative estimate of drug-likeness (QED) is 0.820. The summed E-state index contributed by atoms with van der Waals surface area (Å²) in [5.74, 6) is 2.29. The summed E-state index contributed by atoms with van der Waals surface area (Å²) in [4.78, 5) is 0. The lowest BCUT2D eigenvalue weighted by molar-refractivity contribution is 0.250. The Morgan fingerprint density at radius 3 is 2.87 bits per heavy atom. The molecule has 0 amide bonds. The van der Waals surface area contributed by atoms with Crippen molar-refractivity contribution < 1.29 is 5.11 Å². The first-order chi connectivity index (χ1) is 7.13. The van der Waals surface area contributed by atoms with Gasteiger partial charge in [-0.15, -0.1) is 0 Å². The second-order valence-corrected chi connectivity index (χ2v) is 5.54. The predicted octanol–water partition coefficient (Wildman–Crippen LogP) is 2.89. The van der Waals surface area contributed by atoms with E-state index in [1.165, 1.54) is 5.56 Å². The zero-order chi connectivity index (χ0) is 11.3. The first-order valence-corrected chi connectivity index (χ1v) is 6.80. The number of aliphatic hydroxyl groups excluding tert-OH is 1. The lowest BCUT2D eigenvalue weighted by atomic mass is 10.2. The summed E-state index contributed by atoms with van der Waals surface area (Å²) >= 11 is 5.32. The Bertz CT molecular complexity index is 319. The topological polar surface area (TPSA) is 46.2 Å². The van der Waals surface area contributed by atoms with E-state index in [-0.39, 0.29) is 6.61 Å². The van der Waals surface area contributed by atoms with Gasteiger partial charge in [0.15, 0.2) is 0 Å². The summed E-state index contributed by atoms with van der Waals surface area (Å²) in [5.41, 5.74) is 7.68. The van der Waals surface area contributed by atoms with Crippen molar-refractivity contribution in [2.24, 2.45) is 5.92 Å². The minimum absolute atomic E-state index is 0.260. The molecule has 0 aliphatic carbocycles. The van der Waals surface area contributed by atoms with Crippen LogP contribution in [0, 0.1) is 5.92 Å². The van der Waals surface area contributed by atoms with Gasteiger partial charge in [-0.05, 0) is 29.4 Å². The smallest absolute Gasteiger partial charge is 0.0464 e. The number of anilines is 1. The van der Waals surface area contributed by atoms with Crippen LogP contribution in [0.4, 0.5) is 5.69 Å². The van der Waals surface area contributed by atoms with Crippen LogP contribution in [0.25, 0.3) is 0 Å². The molecule has 1 aromatic rings. The minimum atomic E-state index is 0.260. The van der Waals surface area contributed by atoms with Crippen LogP contribution < -0.4 is 5.73 Å². The van der Waals surface area contributed by atoms with E-state index < -0.39 is 0 Å². The lowest BCUT2D eigenvalue weighted by Crippen LogP contribution is -2.03. The van der Waals surface area contributed by atoms with Crippen LogP contribution in [-0.4, -0.2) is 17.5 Å². The van der Waals surface area contributed by atoms with Crippen molar-refractivity contribution in [1.29, 1.82) is 0 Å². The van der Waals surface area contributed by atoms with Crippen LogP contribution in [0.1, 0.15) is 12.5 Å². The number of nitrogens with two attached hydrogens (primary N) is 1. The monoisotopic (exact) mass is 289 g/mol. The maximum atomic E-state index is 8.88. The molecule has 0 aliphatic heterocycles. The zero-order valence-electron chi connectivity index (χ0n) is 8.74. The molecule has 4 heteroatoms. The fourth-order valence-corrected chi connectivity index (χ4v) is 2.92. The number of hydrogen-bond acceptors (Lipinski definition) is 3. The third-order valence-electron chi connectivity index (χ3n) is 2.05. The number of hydrogen-bond donors (Lipinski definition) is 2. The standard InChI is InChI=1S/C11H16BrNOS/c1-8(5-14)6-15-7-9-2-3-10(13)4-11(9)12/h2-4,8,14H,5-7,13H2,1H3. The summed E-state index contributed by atoms with van der Waals surface area (Å²) in [6.45, 7) is 2.31. The Labute approximate surface area is 103 Å². The molecule has 0 spiro atoms. The molecule has 0 fully saturated rings. The summed E-state index contributed by atoms with van der Waals surface area (Å²) in [5, 5.41) is 8.88. The highest BCUT2D eigenvalue weighted by Gasteiger charge is 2.03. The molecular weight excluding hydrogens is 274 g/mol. The molecule has 0 radical (unpaired) electrons. The Hall–Kier alpha value is -0.190. The molecule has 0 saturated heterocycles. The predicted molar refractivity (Wildman–Crippen MR) is 71.0 cm³/mol. The molecule has 3 N–H and O–H groups in total. The van der Waals surface area contributed by atoms with Crippen LogP contribution in [0.3, 0.4) is 0 Å². The Kier molecular flexibility index (Phi) is 5.50. The highest BCUT2D eigenvalue weighted by Crippen LogP contribution is 2.24. The highest BCUT2D eigenvalue weighted by molar-refractivity contribution is 9.10. The van der Waals surface area contributed by atoms with Crippen molar-refractivity contribution >= 4 is 33.4 Å². The van der Waals surface area contributed by atoms with Gasteiger partial charge in [0.2, 0.25) is 0 Å². The van der Waals surface area contributed by atoms with Gasteiger partial charge in [-0.3, -0.25) is 0 Å². The average molecular weight is 290 g/mol. The van der Waals surface area contributed by atoms with Crippen molar-refractivity contribution in [2.75, 3.05) is 18.1 Å². The van der Waals surface area contributed by atoms with Crippen LogP contribution in [0.15, 0.2) is 22.7 Å². The van der Waals surface area contributed by atoms with Crippen molar-refractivity contribution in [3.05, 3.63) is 28.2 Å². The molecule has 15 heavy (non-hydrogen) atoms. The zero-order valence-corrected chi connectivity index (χ0v) is 11.1. The van der Waals surface area contributed by atoms with Crippen molar-refractivity contribution in [3.63, 3.8) is 0 Å². The average Bonchev–Trinajstić information content (AvgIpc) is 2.21. The van der Waals surface area contributed by atoms with E-state index in [0.717, 1.165) is 21.7 Å². The number of thioether (sulfide) groups is 1. The fourth-order valence-electron chi connectivity index (χ4n) is 1.10. The molecule has 2 nitrogen and oxygen atoms in total. The number of nitrogen functional groups attached to an aromatic ring is 1. The fraction of sp³-hybridized carbons (Fsp3) is 0.455. The second-order valence-electron chi connectivity index (χ2n) is 3.65. The molecule has 1 aromatic carbocycles. The Morgan fingerprint density at radius 1 is 1.53 bits per heavy atom. The maximum absolute atomic E-state index is 8.88. The van der Waals surface area contributed by atoms with Gasteiger partial charge in [0.05, 0.1) is 0 Å². The molecule has 1 rings (SSSR count). The third kappa shape index (κ3) is 4.45. The SMILES string of the molecule is CC(CO)CSCc1ccc(N)cc1Br. The first-order valence-electron chi connectivity index (χ1n) is 4.86. The molecule has 0 heterocycles. The van der Waals surface area contributed by atoms with Crippen molar-refractivity contribution in [2.45, 2.75) is 12.7 Å². The first kappa shape index (κ1) is 12.9. The lowest BCUT2D eigenvalue weighted by Gasteiger charge is -2.08. The highest BCUT2D eigenvalue weighted by atomic mass is 79.9. The molecule has 1 unspecified atom stereocenters. The number of benzene rings is 1. The largest absolute Gasteiger partial charge is 0.399 e. The molecule has 0 bridgehead atoms. The van der Waals surface area contributed by atoms with Crippen LogP contribution in [0.5, 0.6) is 0 Å². The third-order valence-corrected chi connectivity index (χ3v) is 4.11. The van der Waals surface area contributed by atoms with Gasteiger partial charge in [0.1, 0.15) is 0 Å². The van der Waals surface area contributed by atoms with E-state index in [1.807, 2.05) is 36.9 Å². The van der Waals surface area contributed by atoms with E-state index in [1.54, 1.807) is 0 Å². The number of halogens is 1. The van der Waals surface area contributed by atoms with Gasteiger partial charge in [0.25, 0.3) is 0 Å². The maximum Gasteiger partial charge on any atom is 0.0464 e. The van der Waals surface area contributed by atoms with E-state index >= 15 is 0 Å². The number of aliphatic hydroxyl groups is 1. The van der Waals surface area contributed by atoms with Gasteiger partial charge < -0.3 is 10.8 Å². The van der Waals surface area contributed by atoms with Gasteiger partial charge in [-0.1, -0.05) is 28.9 Å². The molecule has 84 valence electrons. The van der Waals surface area contributed by atoms with Crippen LogP contribution in [-0.2, 0) is 5.75 Å². The molecule has 0 aromatic heterocycles. The second kappa shape index (κ2) is 6.40. The molecular formula is C11H16BrNOS. The molecule has 0 aliphatic rings. The van der Waals surface area contributed by atoms with Crippen molar-refractivity contribution in [3.8, 4) is 0 Å². The van der Waals surface area contributed by atoms with Gasteiger partial charge in [-0.25, -0.2) is 0 Å². The molecule has 0 saturated carbocycles. The van der Waals surface area contributed by atoms with E-state index in [9.17, 15) is 0 Å². The van der Waals surface area contributed by atoms with Gasteiger partial charge >= 0.3 is 0 Å². The Balaban J connectivity index is 2.44. The van der Waals surface area contributed by atoms with Crippen LogP contribution in [0.2, 0.25) is 0 Å². The normalized spacial score (nSPS) is 12.7. The summed E-state index contributed by atoms with van der Waals surface area (Å²) < 4.78 is 1.06. The number of rotatable bonds is 5. The summed E-state index contributed by atoms with van der Waals surface area (Å²) in [6, 6.07) is 5.87. The Morgan fingerprint density at radius 2 is 2.27 bits per heavy atom. The van der Waals surface area contributed by atoms with Gasteiger partial charge in [-0.2, -0.15) is 11.8 Å². The minimum Gasteiger partial charge on any atom is -0.399 e. The van der Waals surface area contributed by atoms with E-state index in [4.69, 9.17) is 10.8 Å². The summed E-state index contributed by atoms with van der Waals surface area (Å²) in [7, 11) is 0. The summed E-state index contributed by atoms with van der Waals surface area (Å²) in [6.07, 6.45) is 0. The van der Waals surface area contributed by atoms with E-state index in [0.29, 0.717) is 5.92 Å².